The van der Waals surface area contributed by atoms with Crippen LogP contribution in [0, 0.1) is 0 Å². The molecule has 0 spiro atoms. The van der Waals surface area contributed by atoms with Crippen LogP contribution in [0.15, 0.2) is 18.5 Å². The Balaban J connectivity index is 2.28. The van der Waals surface area contributed by atoms with Gasteiger partial charge in [0, 0.05) is 18.0 Å². The van der Waals surface area contributed by atoms with Crippen molar-refractivity contribution in [3.05, 3.63) is 29.7 Å². The van der Waals surface area contributed by atoms with Gasteiger partial charge in [-0.2, -0.15) is 5.10 Å². The third-order valence-corrected chi connectivity index (χ3v) is 2.66. The normalized spacial score (nSPS) is 16.0. The standard InChI is InChI=1S/C10H11N3/c1-2-4-9-8(3-1)7-13-10(12-9)5-6-11-13/h5-7H,1-4H2. The van der Waals surface area contributed by atoms with Crippen molar-refractivity contribution in [3.8, 4) is 0 Å². The highest BCUT2D eigenvalue weighted by Crippen LogP contribution is 2.19. The molecule has 0 saturated carbocycles. The molecule has 1 aliphatic rings. The van der Waals surface area contributed by atoms with Crippen molar-refractivity contribution in [2.45, 2.75) is 25.7 Å². The molecule has 0 saturated heterocycles. The molecule has 0 atom stereocenters. The molecule has 0 N–H and O–H groups in total. The molecule has 0 fully saturated rings. The van der Waals surface area contributed by atoms with Gasteiger partial charge in [-0.15, -0.1) is 0 Å². The minimum atomic E-state index is 0.973. The topological polar surface area (TPSA) is 30.2 Å². The van der Waals surface area contributed by atoms with E-state index in [2.05, 4.69) is 16.3 Å². The maximum absolute atomic E-state index is 4.58. The van der Waals surface area contributed by atoms with Crippen LogP contribution in [-0.2, 0) is 12.8 Å². The molecule has 13 heavy (non-hydrogen) atoms. The summed E-state index contributed by atoms with van der Waals surface area (Å²) < 4.78 is 1.87. The Hall–Kier alpha value is -1.38. The number of rotatable bonds is 0. The summed E-state index contributed by atoms with van der Waals surface area (Å²) in [6, 6.07) is 1.95. The van der Waals surface area contributed by atoms with Gasteiger partial charge in [0.15, 0.2) is 5.65 Å². The Morgan fingerprint density at radius 3 is 3.15 bits per heavy atom. The Bertz CT molecular complexity index is 404. The second-order valence-electron chi connectivity index (χ2n) is 3.55. The minimum Gasteiger partial charge on any atom is -0.233 e. The van der Waals surface area contributed by atoms with E-state index in [9.17, 15) is 0 Å². The Morgan fingerprint density at radius 2 is 2.15 bits per heavy atom. The van der Waals surface area contributed by atoms with Crippen molar-refractivity contribution < 1.29 is 0 Å². The number of nitrogens with zero attached hydrogens (tertiary/aromatic N) is 3. The highest BCUT2D eigenvalue weighted by molar-refractivity contribution is 5.39. The molecule has 0 bridgehead atoms. The molecule has 2 heterocycles. The lowest BCUT2D eigenvalue weighted by atomic mass is 9.98. The third kappa shape index (κ3) is 1.03. The first-order valence-corrected chi connectivity index (χ1v) is 4.76. The van der Waals surface area contributed by atoms with Gasteiger partial charge in [-0.1, -0.05) is 0 Å². The molecular formula is C10H11N3. The van der Waals surface area contributed by atoms with Crippen LogP contribution in [-0.4, -0.2) is 14.6 Å². The van der Waals surface area contributed by atoms with Crippen molar-refractivity contribution in [2.24, 2.45) is 0 Å². The lowest BCUT2D eigenvalue weighted by molar-refractivity contribution is 0.659. The van der Waals surface area contributed by atoms with Gasteiger partial charge in [-0.3, -0.25) is 0 Å². The zero-order valence-corrected chi connectivity index (χ0v) is 7.40. The second-order valence-corrected chi connectivity index (χ2v) is 3.55. The number of hydrogen-bond donors (Lipinski definition) is 0. The van der Waals surface area contributed by atoms with Gasteiger partial charge in [0.25, 0.3) is 0 Å². The van der Waals surface area contributed by atoms with Gasteiger partial charge in [-0.25, -0.2) is 9.50 Å². The van der Waals surface area contributed by atoms with Gasteiger partial charge in [0.1, 0.15) is 0 Å². The average molecular weight is 173 g/mol. The predicted molar refractivity (Wildman–Crippen MR) is 49.6 cm³/mol. The number of fused-ring (bicyclic) bond motifs is 2. The summed E-state index contributed by atoms with van der Waals surface area (Å²) >= 11 is 0. The molecule has 2 aromatic heterocycles. The average Bonchev–Trinajstić information content (AvgIpc) is 2.61. The fourth-order valence-corrected chi connectivity index (χ4v) is 1.96. The van der Waals surface area contributed by atoms with E-state index < -0.39 is 0 Å². The zero-order valence-electron chi connectivity index (χ0n) is 7.40. The SMILES string of the molecule is c1cc2nc3c(cn2n1)CCCC3. The quantitative estimate of drug-likeness (QED) is 0.605. The number of aryl methyl sites for hydroxylation is 2. The van der Waals surface area contributed by atoms with E-state index in [0.717, 1.165) is 18.5 Å². The smallest absolute Gasteiger partial charge is 0.155 e. The highest BCUT2D eigenvalue weighted by Gasteiger charge is 2.11. The predicted octanol–water partition coefficient (Wildman–Crippen LogP) is 1.61. The molecule has 0 amide bonds. The van der Waals surface area contributed by atoms with Crippen LogP contribution in [0.4, 0.5) is 0 Å². The van der Waals surface area contributed by atoms with E-state index in [4.69, 9.17) is 0 Å². The molecule has 0 unspecified atom stereocenters. The monoisotopic (exact) mass is 173 g/mol. The van der Waals surface area contributed by atoms with E-state index in [0.29, 0.717) is 0 Å². The van der Waals surface area contributed by atoms with Crippen molar-refractivity contribution in [1.29, 1.82) is 0 Å². The summed E-state index contributed by atoms with van der Waals surface area (Å²) in [5, 5.41) is 4.18. The van der Waals surface area contributed by atoms with Crippen LogP contribution in [0.2, 0.25) is 0 Å². The second kappa shape index (κ2) is 2.55. The van der Waals surface area contributed by atoms with Crippen molar-refractivity contribution in [3.63, 3.8) is 0 Å². The molecular weight excluding hydrogens is 162 g/mol. The zero-order chi connectivity index (χ0) is 8.67. The molecule has 0 radical (unpaired) electrons. The number of hydrogen-bond acceptors (Lipinski definition) is 2. The summed E-state index contributed by atoms with van der Waals surface area (Å²) in [5.74, 6) is 0. The molecule has 3 nitrogen and oxygen atoms in total. The lowest BCUT2D eigenvalue weighted by Gasteiger charge is -2.13. The Morgan fingerprint density at radius 1 is 1.23 bits per heavy atom. The molecule has 0 aliphatic heterocycles. The van der Waals surface area contributed by atoms with Crippen LogP contribution in [0.5, 0.6) is 0 Å². The fourth-order valence-electron chi connectivity index (χ4n) is 1.96. The van der Waals surface area contributed by atoms with Crippen LogP contribution in [0.1, 0.15) is 24.1 Å². The largest absolute Gasteiger partial charge is 0.233 e. The summed E-state index contributed by atoms with van der Waals surface area (Å²) in [4.78, 5) is 4.58. The van der Waals surface area contributed by atoms with Crippen molar-refractivity contribution >= 4 is 5.65 Å². The van der Waals surface area contributed by atoms with Crippen molar-refractivity contribution in [1.82, 2.24) is 14.6 Å². The van der Waals surface area contributed by atoms with Crippen LogP contribution < -0.4 is 0 Å². The third-order valence-electron chi connectivity index (χ3n) is 2.66. The van der Waals surface area contributed by atoms with Crippen LogP contribution in [0.3, 0.4) is 0 Å². The molecule has 3 heteroatoms. The Kier molecular flexibility index (Phi) is 1.39. The molecule has 2 aromatic rings. The summed E-state index contributed by atoms with van der Waals surface area (Å²) in [5.41, 5.74) is 3.63. The first-order chi connectivity index (χ1) is 6.43. The summed E-state index contributed by atoms with van der Waals surface area (Å²) in [6.07, 6.45) is 8.80. The lowest BCUT2D eigenvalue weighted by Crippen LogP contribution is -2.07. The Labute approximate surface area is 76.4 Å². The van der Waals surface area contributed by atoms with Crippen LogP contribution >= 0.6 is 0 Å². The molecule has 66 valence electrons. The van der Waals surface area contributed by atoms with Gasteiger partial charge in [-0.05, 0) is 31.2 Å². The van der Waals surface area contributed by atoms with Crippen LogP contribution in [0.25, 0.3) is 5.65 Å². The molecule has 0 aromatic carbocycles. The molecule has 3 rings (SSSR count). The number of aromatic nitrogens is 3. The maximum atomic E-state index is 4.58. The summed E-state index contributed by atoms with van der Waals surface area (Å²) in [7, 11) is 0. The summed E-state index contributed by atoms with van der Waals surface area (Å²) in [6.45, 7) is 0. The van der Waals surface area contributed by atoms with E-state index >= 15 is 0 Å². The van der Waals surface area contributed by atoms with Gasteiger partial charge >= 0.3 is 0 Å². The van der Waals surface area contributed by atoms with Crippen molar-refractivity contribution in [2.75, 3.05) is 0 Å². The van der Waals surface area contributed by atoms with Gasteiger partial charge < -0.3 is 0 Å². The van der Waals surface area contributed by atoms with E-state index in [1.807, 2.05) is 10.6 Å². The fraction of sp³-hybridized carbons (Fsp3) is 0.400. The maximum Gasteiger partial charge on any atom is 0.155 e. The van der Waals surface area contributed by atoms with E-state index in [1.54, 1.807) is 6.20 Å². The molecule has 1 aliphatic carbocycles. The first kappa shape index (κ1) is 7.06. The van der Waals surface area contributed by atoms with Gasteiger partial charge in [0.05, 0.1) is 6.20 Å². The van der Waals surface area contributed by atoms with E-state index in [-0.39, 0.29) is 0 Å². The van der Waals surface area contributed by atoms with Gasteiger partial charge in [0.2, 0.25) is 0 Å². The first-order valence-electron chi connectivity index (χ1n) is 4.76. The highest BCUT2D eigenvalue weighted by atomic mass is 15.2. The minimum absolute atomic E-state index is 0.973. The van der Waals surface area contributed by atoms with E-state index in [1.165, 1.54) is 24.1 Å².